The summed E-state index contributed by atoms with van der Waals surface area (Å²) in [6.07, 6.45) is 2.99. The van der Waals surface area contributed by atoms with Gasteiger partial charge in [0.25, 0.3) is 0 Å². The Hall–Kier alpha value is -2.14. The lowest BCUT2D eigenvalue weighted by atomic mass is 9.90. The molecule has 1 aromatic carbocycles. The largest absolute Gasteiger partial charge is 0.507 e. The molecule has 0 fully saturated rings. The van der Waals surface area contributed by atoms with Gasteiger partial charge in [-0.15, -0.1) is 0 Å². The molecule has 22 heavy (non-hydrogen) atoms. The first kappa shape index (κ1) is 17.9. The molecule has 5 nitrogen and oxygen atoms in total. The van der Waals surface area contributed by atoms with Crippen LogP contribution in [0.2, 0.25) is 0 Å². The van der Waals surface area contributed by atoms with E-state index in [2.05, 4.69) is 0 Å². The monoisotopic (exact) mass is 306 g/mol. The molecule has 5 heteroatoms. The summed E-state index contributed by atoms with van der Waals surface area (Å²) < 4.78 is 0. The van der Waals surface area contributed by atoms with E-state index in [9.17, 15) is 19.8 Å². The number of aromatic carboxylic acids is 1. The molecule has 1 unspecified atom stereocenters. The predicted molar refractivity (Wildman–Crippen MR) is 83.3 cm³/mol. The Balaban J connectivity index is 2.82. The predicted octanol–water partition coefficient (Wildman–Crippen LogP) is 3.16. The third-order valence-electron chi connectivity index (χ3n) is 3.33. The first-order valence-electron chi connectivity index (χ1n) is 7.07. The minimum absolute atomic E-state index is 0.104. The lowest BCUT2D eigenvalue weighted by Gasteiger charge is -2.22. The summed E-state index contributed by atoms with van der Waals surface area (Å²) in [5.41, 5.74) is -0.177. The van der Waals surface area contributed by atoms with Crippen LogP contribution in [-0.4, -0.2) is 32.7 Å². The maximum atomic E-state index is 12.2. The zero-order chi connectivity index (χ0) is 16.9. The van der Waals surface area contributed by atoms with Gasteiger partial charge in [0.2, 0.25) is 0 Å². The average Bonchev–Trinajstić information content (AvgIpc) is 2.37. The first-order valence-corrected chi connectivity index (χ1v) is 7.07. The molecule has 0 aliphatic carbocycles. The average molecular weight is 306 g/mol. The SMILES string of the molecule is CC(C)=CCCC(C)(O)CC(=O)c1ccc(O)c(C(=O)O)c1. The Morgan fingerprint density at radius 3 is 2.45 bits per heavy atom. The Labute approximate surface area is 129 Å². The van der Waals surface area contributed by atoms with E-state index in [1.165, 1.54) is 12.1 Å². The number of allylic oxidation sites excluding steroid dienone is 2. The number of carbonyl (C=O) groups is 2. The minimum Gasteiger partial charge on any atom is -0.507 e. The fraction of sp³-hybridized carbons (Fsp3) is 0.412. The highest BCUT2D eigenvalue weighted by atomic mass is 16.4. The lowest BCUT2D eigenvalue weighted by Crippen LogP contribution is -2.27. The highest BCUT2D eigenvalue weighted by Crippen LogP contribution is 2.23. The van der Waals surface area contributed by atoms with Crippen molar-refractivity contribution in [3.63, 3.8) is 0 Å². The van der Waals surface area contributed by atoms with Gasteiger partial charge in [0.15, 0.2) is 5.78 Å². The normalized spacial score (nSPS) is 13.3. The molecule has 1 atom stereocenters. The topological polar surface area (TPSA) is 94.8 Å². The van der Waals surface area contributed by atoms with Gasteiger partial charge in [-0.2, -0.15) is 0 Å². The van der Waals surface area contributed by atoms with Crippen molar-refractivity contribution in [2.45, 2.75) is 45.6 Å². The van der Waals surface area contributed by atoms with Crippen LogP contribution in [0, 0.1) is 0 Å². The number of hydrogen-bond donors (Lipinski definition) is 3. The van der Waals surface area contributed by atoms with Crippen LogP contribution >= 0.6 is 0 Å². The molecule has 0 bridgehead atoms. The number of ketones is 1. The summed E-state index contributed by atoms with van der Waals surface area (Å²) >= 11 is 0. The van der Waals surface area contributed by atoms with Crippen LogP contribution in [0.25, 0.3) is 0 Å². The standard InChI is InChI=1S/C17H22O5/c1-11(2)5-4-8-17(3,22)10-15(19)12-6-7-14(18)13(9-12)16(20)21/h5-7,9,18,22H,4,8,10H2,1-3H3,(H,20,21). The third kappa shape index (κ3) is 5.33. The van der Waals surface area contributed by atoms with Gasteiger partial charge in [-0.05, 0) is 51.8 Å². The van der Waals surface area contributed by atoms with Gasteiger partial charge in [-0.3, -0.25) is 4.79 Å². The molecule has 0 aliphatic rings. The Bertz CT molecular complexity index is 595. The third-order valence-corrected chi connectivity index (χ3v) is 3.33. The number of hydrogen-bond acceptors (Lipinski definition) is 4. The Morgan fingerprint density at radius 1 is 1.27 bits per heavy atom. The molecule has 1 rings (SSSR count). The number of phenols is 1. The van der Waals surface area contributed by atoms with Crippen molar-refractivity contribution < 1.29 is 24.9 Å². The van der Waals surface area contributed by atoms with E-state index in [4.69, 9.17) is 5.11 Å². The maximum Gasteiger partial charge on any atom is 0.339 e. The van der Waals surface area contributed by atoms with Crippen molar-refractivity contribution in [1.82, 2.24) is 0 Å². The van der Waals surface area contributed by atoms with E-state index in [0.717, 1.165) is 11.6 Å². The maximum absolute atomic E-state index is 12.2. The summed E-state index contributed by atoms with van der Waals surface area (Å²) in [5, 5.41) is 28.7. The smallest absolute Gasteiger partial charge is 0.339 e. The minimum atomic E-state index is -1.30. The number of benzene rings is 1. The number of carbonyl (C=O) groups excluding carboxylic acids is 1. The molecule has 0 saturated carbocycles. The lowest BCUT2D eigenvalue weighted by molar-refractivity contribution is 0.0398. The number of aromatic hydroxyl groups is 1. The van der Waals surface area contributed by atoms with Crippen LogP contribution in [0.3, 0.4) is 0 Å². The summed E-state index contributed by atoms with van der Waals surface area (Å²) in [6, 6.07) is 3.66. The van der Waals surface area contributed by atoms with Crippen molar-refractivity contribution in [2.75, 3.05) is 0 Å². The molecule has 0 saturated heterocycles. The number of rotatable bonds is 7. The second kappa shape index (κ2) is 7.22. The zero-order valence-electron chi connectivity index (χ0n) is 13.1. The van der Waals surface area contributed by atoms with Gasteiger partial charge in [-0.25, -0.2) is 4.79 Å². The van der Waals surface area contributed by atoms with E-state index < -0.39 is 11.6 Å². The summed E-state index contributed by atoms with van der Waals surface area (Å²) in [6.45, 7) is 5.51. The summed E-state index contributed by atoms with van der Waals surface area (Å²) in [7, 11) is 0. The van der Waals surface area contributed by atoms with Crippen LogP contribution in [0.15, 0.2) is 29.8 Å². The molecule has 0 aliphatic heterocycles. The van der Waals surface area contributed by atoms with Crippen molar-refractivity contribution in [2.24, 2.45) is 0 Å². The number of aliphatic hydroxyl groups is 1. The van der Waals surface area contributed by atoms with Gasteiger partial charge in [0.1, 0.15) is 11.3 Å². The van der Waals surface area contributed by atoms with Gasteiger partial charge < -0.3 is 15.3 Å². The van der Waals surface area contributed by atoms with Crippen LogP contribution in [0.1, 0.15) is 60.7 Å². The molecule has 0 spiro atoms. The Kier molecular flexibility index (Phi) is 5.88. The number of carboxylic acid groups (broad SMARTS) is 1. The van der Waals surface area contributed by atoms with Crippen LogP contribution < -0.4 is 0 Å². The molecular formula is C17H22O5. The fourth-order valence-corrected chi connectivity index (χ4v) is 2.09. The van der Waals surface area contributed by atoms with E-state index in [0.29, 0.717) is 12.8 Å². The van der Waals surface area contributed by atoms with Crippen molar-refractivity contribution >= 4 is 11.8 Å². The van der Waals surface area contributed by atoms with Crippen molar-refractivity contribution in [3.05, 3.63) is 41.0 Å². The van der Waals surface area contributed by atoms with Crippen molar-refractivity contribution in [3.8, 4) is 5.75 Å². The number of Topliss-reactive ketones (excluding diaryl/α,β-unsaturated/α-hetero) is 1. The summed E-state index contributed by atoms with van der Waals surface area (Å²) in [5.74, 6) is -2.05. The van der Waals surface area contributed by atoms with Crippen LogP contribution in [0.5, 0.6) is 5.75 Å². The highest BCUT2D eigenvalue weighted by Gasteiger charge is 2.25. The van der Waals surface area contributed by atoms with E-state index in [1.54, 1.807) is 6.92 Å². The molecular weight excluding hydrogens is 284 g/mol. The van der Waals surface area contributed by atoms with Gasteiger partial charge in [-0.1, -0.05) is 11.6 Å². The summed E-state index contributed by atoms with van der Waals surface area (Å²) in [4.78, 5) is 23.2. The number of carboxylic acids is 1. The van der Waals surface area contributed by atoms with Crippen LogP contribution in [-0.2, 0) is 0 Å². The molecule has 0 aromatic heterocycles. The Morgan fingerprint density at radius 2 is 1.91 bits per heavy atom. The van der Waals surface area contributed by atoms with Gasteiger partial charge >= 0.3 is 5.97 Å². The van der Waals surface area contributed by atoms with Gasteiger partial charge in [0, 0.05) is 12.0 Å². The molecule has 0 amide bonds. The molecule has 0 heterocycles. The van der Waals surface area contributed by atoms with E-state index in [-0.39, 0.29) is 29.1 Å². The van der Waals surface area contributed by atoms with E-state index >= 15 is 0 Å². The van der Waals surface area contributed by atoms with Crippen LogP contribution in [0.4, 0.5) is 0 Å². The van der Waals surface area contributed by atoms with Crippen molar-refractivity contribution in [1.29, 1.82) is 0 Å². The molecule has 3 N–H and O–H groups in total. The van der Waals surface area contributed by atoms with Gasteiger partial charge in [0.05, 0.1) is 5.60 Å². The molecule has 0 radical (unpaired) electrons. The van der Waals surface area contributed by atoms with E-state index in [1.807, 2.05) is 19.9 Å². The quantitative estimate of drug-likeness (QED) is 0.531. The zero-order valence-corrected chi connectivity index (χ0v) is 13.1. The highest BCUT2D eigenvalue weighted by molar-refractivity contribution is 6.00. The second-order valence-electron chi connectivity index (χ2n) is 5.95. The second-order valence-corrected chi connectivity index (χ2v) is 5.95. The molecule has 1 aromatic rings. The first-order chi connectivity index (χ1) is 10.1. The fourth-order valence-electron chi connectivity index (χ4n) is 2.09. The molecule has 120 valence electrons.